The van der Waals surface area contributed by atoms with Crippen LogP contribution in [0, 0.1) is 5.92 Å². The van der Waals surface area contributed by atoms with Crippen LogP contribution in [0.2, 0.25) is 5.02 Å². The van der Waals surface area contributed by atoms with Crippen molar-refractivity contribution >= 4 is 23.6 Å². The van der Waals surface area contributed by atoms with Crippen molar-refractivity contribution in [2.45, 2.75) is 25.8 Å². The minimum atomic E-state index is -0.774. The SMILES string of the molecule is C[C@@H](NC(=O)N1CCC(C(=O)O)CC1)c1ccc(Cl)cc1. The molecule has 2 rings (SSSR count). The van der Waals surface area contributed by atoms with Gasteiger partial charge in [-0.1, -0.05) is 23.7 Å². The molecule has 1 aromatic carbocycles. The average Bonchev–Trinajstić information content (AvgIpc) is 2.47. The van der Waals surface area contributed by atoms with Crippen molar-refractivity contribution in [3.8, 4) is 0 Å². The number of carbonyl (C=O) groups is 2. The lowest BCUT2D eigenvalue weighted by molar-refractivity contribution is -0.143. The van der Waals surface area contributed by atoms with Crippen LogP contribution in [0.4, 0.5) is 4.79 Å². The van der Waals surface area contributed by atoms with Crippen molar-refractivity contribution in [2.24, 2.45) is 5.92 Å². The topological polar surface area (TPSA) is 69.6 Å². The van der Waals surface area contributed by atoms with Gasteiger partial charge < -0.3 is 15.3 Å². The highest BCUT2D eigenvalue weighted by Crippen LogP contribution is 2.19. The Hall–Kier alpha value is -1.75. The second-order valence-electron chi connectivity index (χ2n) is 5.32. The molecule has 0 bridgehead atoms. The number of halogens is 1. The zero-order valence-electron chi connectivity index (χ0n) is 11.9. The molecule has 1 atom stereocenters. The van der Waals surface area contributed by atoms with Gasteiger partial charge in [-0.15, -0.1) is 0 Å². The summed E-state index contributed by atoms with van der Waals surface area (Å²) in [6.45, 7) is 2.87. The third-order valence-corrected chi connectivity index (χ3v) is 4.09. The summed E-state index contributed by atoms with van der Waals surface area (Å²) >= 11 is 5.84. The van der Waals surface area contributed by atoms with E-state index in [-0.39, 0.29) is 18.0 Å². The van der Waals surface area contributed by atoms with Crippen molar-refractivity contribution in [1.29, 1.82) is 0 Å². The molecule has 21 heavy (non-hydrogen) atoms. The summed E-state index contributed by atoms with van der Waals surface area (Å²) in [6.07, 6.45) is 1.02. The van der Waals surface area contributed by atoms with Crippen LogP contribution < -0.4 is 5.32 Å². The molecule has 1 heterocycles. The van der Waals surface area contributed by atoms with Gasteiger partial charge in [0.1, 0.15) is 0 Å². The number of aliphatic carboxylic acids is 1. The molecule has 6 heteroatoms. The van der Waals surface area contributed by atoms with Gasteiger partial charge in [0, 0.05) is 18.1 Å². The van der Waals surface area contributed by atoms with E-state index in [9.17, 15) is 9.59 Å². The zero-order chi connectivity index (χ0) is 15.4. The molecule has 1 saturated heterocycles. The number of carboxylic acids is 1. The number of rotatable bonds is 3. The predicted octanol–water partition coefficient (Wildman–Crippen LogP) is 2.91. The fourth-order valence-corrected chi connectivity index (χ4v) is 2.57. The molecule has 0 aliphatic carbocycles. The standard InChI is InChI=1S/C15H19ClN2O3/c1-10(11-2-4-13(16)5-3-11)17-15(21)18-8-6-12(7-9-18)14(19)20/h2-5,10,12H,6-9H2,1H3,(H,17,21)(H,19,20)/t10-/m1/s1. The first kappa shape index (κ1) is 15.6. The molecule has 0 saturated carbocycles. The fourth-order valence-electron chi connectivity index (χ4n) is 2.44. The Bertz CT molecular complexity index is 510. The predicted molar refractivity (Wildman–Crippen MR) is 80.3 cm³/mol. The summed E-state index contributed by atoms with van der Waals surface area (Å²) in [7, 11) is 0. The van der Waals surface area contributed by atoms with Crippen molar-refractivity contribution < 1.29 is 14.7 Å². The van der Waals surface area contributed by atoms with E-state index in [1.807, 2.05) is 19.1 Å². The molecule has 1 aliphatic rings. The van der Waals surface area contributed by atoms with Crippen LogP contribution in [0.25, 0.3) is 0 Å². The van der Waals surface area contributed by atoms with Crippen molar-refractivity contribution in [2.75, 3.05) is 13.1 Å². The summed E-state index contributed by atoms with van der Waals surface area (Å²) < 4.78 is 0. The molecule has 5 nitrogen and oxygen atoms in total. The average molecular weight is 311 g/mol. The molecular weight excluding hydrogens is 292 g/mol. The van der Waals surface area contributed by atoms with Crippen LogP contribution in [0.5, 0.6) is 0 Å². The number of piperidine rings is 1. The van der Waals surface area contributed by atoms with Crippen LogP contribution in [0.1, 0.15) is 31.4 Å². The van der Waals surface area contributed by atoms with Gasteiger partial charge in [0.2, 0.25) is 0 Å². The molecule has 2 amide bonds. The van der Waals surface area contributed by atoms with Gasteiger partial charge in [-0.2, -0.15) is 0 Å². The highest BCUT2D eigenvalue weighted by Gasteiger charge is 2.27. The summed E-state index contributed by atoms with van der Waals surface area (Å²) in [6, 6.07) is 7.07. The largest absolute Gasteiger partial charge is 0.481 e. The summed E-state index contributed by atoms with van der Waals surface area (Å²) in [5.74, 6) is -1.10. The van der Waals surface area contributed by atoms with Gasteiger partial charge in [0.05, 0.1) is 12.0 Å². The number of carbonyl (C=O) groups excluding carboxylic acids is 1. The van der Waals surface area contributed by atoms with E-state index in [4.69, 9.17) is 16.7 Å². The van der Waals surface area contributed by atoms with Crippen LogP contribution in [0.15, 0.2) is 24.3 Å². The number of amides is 2. The van der Waals surface area contributed by atoms with Crippen LogP contribution in [-0.2, 0) is 4.79 Å². The van der Waals surface area contributed by atoms with E-state index in [1.54, 1.807) is 17.0 Å². The minimum Gasteiger partial charge on any atom is -0.481 e. The molecule has 0 spiro atoms. The number of carboxylic acid groups (broad SMARTS) is 1. The Morgan fingerprint density at radius 3 is 2.38 bits per heavy atom. The Labute approximate surface area is 128 Å². The smallest absolute Gasteiger partial charge is 0.317 e. The summed E-state index contributed by atoms with van der Waals surface area (Å²) in [4.78, 5) is 24.7. The van der Waals surface area contributed by atoms with E-state index in [0.717, 1.165) is 5.56 Å². The number of nitrogens with one attached hydrogen (secondary N) is 1. The highest BCUT2D eigenvalue weighted by molar-refractivity contribution is 6.30. The van der Waals surface area contributed by atoms with Gasteiger partial charge in [0.25, 0.3) is 0 Å². The Morgan fingerprint density at radius 1 is 1.29 bits per heavy atom. The molecular formula is C15H19ClN2O3. The van der Waals surface area contributed by atoms with E-state index in [1.165, 1.54) is 0 Å². The Balaban J connectivity index is 1.87. The lowest BCUT2D eigenvalue weighted by Gasteiger charge is -2.31. The van der Waals surface area contributed by atoms with Gasteiger partial charge >= 0.3 is 12.0 Å². The number of hydrogen-bond donors (Lipinski definition) is 2. The normalized spacial score (nSPS) is 17.3. The molecule has 2 N–H and O–H groups in total. The third kappa shape index (κ3) is 4.11. The van der Waals surface area contributed by atoms with E-state index >= 15 is 0 Å². The maximum absolute atomic E-state index is 12.2. The fraction of sp³-hybridized carbons (Fsp3) is 0.467. The number of hydrogen-bond acceptors (Lipinski definition) is 2. The first-order valence-electron chi connectivity index (χ1n) is 7.01. The Kier molecular flexibility index (Phi) is 5.07. The maximum Gasteiger partial charge on any atom is 0.317 e. The third-order valence-electron chi connectivity index (χ3n) is 3.84. The molecule has 0 radical (unpaired) electrons. The number of benzene rings is 1. The first-order chi connectivity index (χ1) is 9.97. The van der Waals surface area contributed by atoms with E-state index in [0.29, 0.717) is 31.0 Å². The van der Waals surface area contributed by atoms with Gasteiger partial charge in [-0.25, -0.2) is 4.79 Å². The van der Waals surface area contributed by atoms with Crippen molar-refractivity contribution in [3.05, 3.63) is 34.9 Å². The first-order valence-corrected chi connectivity index (χ1v) is 7.39. The van der Waals surface area contributed by atoms with Crippen LogP contribution in [-0.4, -0.2) is 35.1 Å². The minimum absolute atomic E-state index is 0.119. The molecule has 0 unspecified atom stereocenters. The van der Waals surface area contributed by atoms with Crippen LogP contribution in [0.3, 0.4) is 0 Å². The number of urea groups is 1. The monoisotopic (exact) mass is 310 g/mol. The van der Waals surface area contributed by atoms with E-state index in [2.05, 4.69) is 5.32 Å². The van der Waals surface area contributed by atoms with Gasteiger partial charge in [-0.3, -0.25) is 4.79 Å². The molecule has 1 aliphatic heterocycles. The summed E-state index contributed by atoms with van der Waals surface area (Å²) in [5, 5.41) is 12.5. The molecule has 1 fully saturated rings. The molecule has 0 aromatic heterocycles. The lowest BCUT2D eigenvalue weighted by atomic mass is 9.97. The second kappa shape index (κ2) is 6.80. The zero-order valence-corrected chi connectivity index (χ0v) is 12.6. The van der Waals surface area contributed by atoms with Crippen molar-refractivity contribution in [1.82, 2.24) is 10.2 Å². The van der Waals surface area contributed by atoms with Gasteiger partial charge in [0.15, 0.2) is 0 Å². The van der Waals surface area contributed by atoms with E-state index < -0.39 is 5.97 Å². The second-order valence-corrected chi connectivity index (χ2v) is 5.76. The summed E-state index contributed by atoms with van der Waals surface area (Å²) in [5.41, 5.74) is 0.980. The quantitative estimate of drug-likeness (QED) is 0.902. The molecule has 1 aromatic rings. The molecule has 114 valence electrons. The highest BCUT2D eigenvalue weighted by atomic mass is 35.5. The van der Waals surface area contributed by atoms with Crippen molar-refractivity contribution in [3.63, 3.8) is 0 Å². The number of likely N-dealkylation sites (tertiary alicyclic amines) is 1. The van der Waals surface area contributed by atoms with Gasteiger partial charge in [-0.05, 0) is 37.5 Å². The maximum atomic E-state index is 12.2. The lowest BCUT2D eigenvalue weighted by Crippen LogP contribution is -2.46. The number of nitrogens with zero attached hydrogens (tertiary/aromatic N) is 1. The Morgan fingerprint density at radius 2 is 1.86 bits per heavy atom. The van der Waals surface area contributed by atoms with Crippen LogP contribution >= 0.6 is 11.6 Å².